The molecule has 0 aliphatic rings. The number of carboxylic acids is 1. The normalized spacial score (nSPS) is 10.2. The summed E-state index contributed by atoms with van der Waals surface area (Å²) in [6, 6.07) is 11.8. The molecule has 1 N–H and O–H groups in total. The van der Waals surface area contributed by atoms with Crippen LogP contribution in [0.15, 0.2) is 46.9 Å². The number of halogens is 1. The first-order chi connectivity index (χ1) is 9.93. The van der Waals surface area contributed by atoms with Crippen molar-refractivity contribution in [2.24, 2.45) is 0 Å². The average molecular weight is 348 g/mol. The quantitative estimate of drug-likeness (QED) is 0.920. The Hall–Kier alpha value is -2.14. The third-order valence-corrected chi connectivity index (χ3v) is 4.16. The maximum Gasteiger partial charge on any atom is 0.337 e. The number of amides is 1. The van der Waals surface area contributed by atoms with E-state index in [1.165, 1.54) is 11.0 Å². The smallest absolute Gasteiger partial charge is 0.337 e. The summed E-state index contributed by atoms with van der Waals surface area (Å²) >= 11 is 3.39. The van der Waals surface area contributed by atoms with Crippen LogP contribution in [0.1, 0.15) is 26.3 Å². The number of para-hydroxylation sites is 1. The Labute approximate surface area is 131 Å². The summed E-state index contributed by atoms with van der Waals surface area (Å²) in [5.41, 5.74) is 1.82. The van der Waals surface area contributed by atoms with E-state index in [4.69, 9.17) is 0 Å². The second-order valence-electron chi connectivity index (χ2n) is 4.60. The van der Waals surface area contributed by atoms with Crippen molar-refractivity contribution in [2.45, 2.75) is 6.92 Å². The van der Waals surface area contributed by atoms with Crippen LogP contribution in [-0.2, 0) is 0 Å². The SMILES string of the molecule is Cc1c(Br)cccc1C(=O)N(C)c1ccccc1C(=O)O. The molecule has 5 heteroatoms. The molecule has 0 atom stereocenters. The van der Waals surface area contributed by atoms with E-state index >= 15 is 0 Å². The Morgan fingerprint density at radius 2 is 1.67 bits per heavy atom. The van der Waals surface area contributed by atoms with Crippen molar-refractivity contribution < 1.29 is 14.7 Å². The van der Waals surface area contributed by atoms with Crippen LogP contribution >= 0.6 is 15.9 Å². The van der Waals surface area contributed by atoms with Gasteiger partial charge in [-0.1, -0.05) is 34.1 Å². The Kier molecular flexibility index (Phi) is 4.43. The van der Waals surface area contributed by atoms with Crippen LogP contribution in [0.4, 0.5) is 5.69 Å². The summed E-state index contributed by atoms with van der Waals surface area (Å²) in [4.78, 5) is 25.2. The minimum absolute atomic E-state index is 0.0981. The van der Waals surface area contributed by atoms with E-state index in [9.17, 15) is 14.7 Å². The van der Waals surface area contributed by atoms with E-state index < -0.39 is 5.97 Å². The molecule has 0 heterocycles. The first-order valence-corrected chi connectivity index (χ1v) is 7.08. The van der Waals surface area contributed by atoms with Crippen molar-refractivity contribution in [3.63, 3.8) is 0 Å². The van der Waals surface area contributed by atoms with Crippen molar-refractivity contribution in [1.82, 2.24) is 0 Å². The molecule has 0 aromatic heterocycles. The van der Waals surface area contributed by atoms with Gasteiger partial charge in [-0.25, -0.2) is 4.79 Å². The molecule has 1 amide bonds. The van der Waals surface area contributed by atoms with Gasteiger partial charge in [-0.2, -0.15) is 0 Å². The van der Waals surface area contributed by atoms with Crippen LogP contribution in [0.2, 0.25) is 0 Å². The van der Waals surface area contributed by atoms with Gasteiger partial charge in [0, 0.05) is 17.1 Å². The van der Waals surface area contributed by atoms with Crippen molar-refractivity contribution in [1.29, 1.82) is 0 Å². The second kappa shape index (κ2) is 6.10. The van der Waals surface area contributed by atoms with Gasteiger partial charge in [-0.3, -0.25) is 4.79 Å². The number of hydrogen-bond acceptors (Lipinski definition) is 2. The standard InChI is InChI=1S/C16H14BrNO3/c1-10-11(7-5-8-13(10)17)15(19)18(2)14-9-4-3-6-12(14)16(20)21/h3-9H,1-2H3,(H,20,21). The number of aromatic carboxylic acids is 1. The first-order valence-electron chi connectivity index (χ1n) is 6.29. The molecule has 0 bridgehead atoms. The predicted molar refractivity (Wildman–Crippen MR) is 85.0 cm³/mol. The molecule has 0 radical (unpaired) electrons. The van der Waals surface area contributed by atoms with Gasteiger partial charge in [-0.05, 0) is 36.8 Å². The van der Waals surface area contributed by atoms with Gasteiger partial charge >= 0.3 is 5.97 Å². The average Bonchev–Trinajstić information content (AvgIpc) is 2.48. The summed E-state index contributed by atoms with van der Waals surface area (Å²) in [7, 11) is 1.57. The van der Waals surface area contributed by atoms with E-state index in [1.54, 1.807) is 37.4 Å². The fourth-order valence-corrected chi connectivity index (χ4v) is 2.44. The molecule has 0 saturated carbocycles. The molecule has 2 rings (SSSR count). The minimum Gasteiger partial charge on any atom is -0.478 e. The number of hydrogen-bond donors (Lipinski definition) is 1. The van der Waals surface area contributed by atoms with Gasteiger partial charge in [0.25, 0.3) is 5.91 Å². The summed E-state index contributed by atoms with van der Waals surface area (Å²) < 4.78 is 0.841. The monoisotopic (exact) mass is 347 g/mol. The number of anilines is 1. The molecule has 21 heavy (non-hydrogen) atoms. The lowest BCUT2D eigenvalue weighted by atomic mass is 10.1. The van der Waals surface area contributed by atoms with Gasteiger partial charge < -0.3 is 10.0 Å². The van der Waals surface area contributed by atoms with Gasteiger partial charge in [0.05, 0.1) is 11.3 Å². The molecular formula is C16H14BrNO3. The maximum atomic E-state index is 12.6. The number of carboxylic acid groups (broad SMARTS) is 1. The Bertz CT molecular complexity index is 712. The molecule has 0 aliphatic carbocycles. The second-order valence-corrected chi connectivity index (χ2v) is 5.45. The van der Waals surface area contributed by atoms with Gasteiger partial charge in [0.2, 0.25) is 0 Å². The Balaban J connectivity index is 2.45. The van der Waals surface area contributed by atoms with Crippen molar-refractivity contribution >= 4 is 33.5 Å². The summed E-state index contributed by atoms with van der Waals surface area (Å²) in [6.45, 7) is 1.84. The summed E-state index contributed by atoms with van der Waals surface area (Å²) in [6.07, 6.45) is 0. The highest BCUT2D eigenvalue weighted by Gasteiger charge is 2.20. The Morgan fingerprint density at radius 1 is 1.05 bits per heavy atom. The molecule has 0 fully saturated rings. The van der Waals surface area contributed by atoms with Crippen molar-refractivity contribution in [3.8, 4) is 0 Å². The minimum atomic E-state index is -1.06. The third kappa shape index (κ3) is 2.97. The zero-order valence-electron chi connectivity index (χ0n) is 11.6. The fraction of sp³-hybridized carbons (Fsp3) is 0.125. The van der Waals surface area contributed by atoms with E-state index in [0.717, 1.165) is 10.0 Å². The van der Waals surface area contributed by atoms with E-state index in [1.807, 2.05) is 13.0 Å². The van der Waals surface area contributed by atoms with Gasteiger partial charge in [-0.15, -0.1) is 0 Å². The Morgan fingerprint density at radius 3 is 2.33 bits per heavy atom. The van der Waals surface area contributed by atoms with Gasteiger partial charge in [0.1, 0.15) is 0 Å². The van der Waals surface area contributed by atoms with Crippen LogP contribution in [0.3, 0.4) is 0 Å². The first kappa shape index (κ1) is 15.3. The van der Waals surface area contributed by atoms with Crippen LogP contribution in [0, 0.1) is 6.92 Å². The maximum absolute atomic E-state index is 12.6. The lowest BCUT2D eigenvalue weighted by Gasteiger charge is -2.20. The topological polar surface area (TPSA) is 57.6 Å². The van der Waals surface area contributed by atoms with Crippen molar-refractivity contribution in [2.75, 3.05) is 11.9 Å². The number of carbonyl (C=O) groups excluding carboxylic acids is 1. The number of rotatable bonds is 3. The summed E-state index contributed by atoms with van der Waals surface area (Å²) in [5.74, 6) is -1.31. The highest BCUT2D eigenvalue weighted by Crippen LogP contribution is 2.24. The lowest BCUT2D eigenvalue weighted by molar-refractivity contribution is 0.0697. The number of carbonyl (C=O) groups is 2. The lowest BCUT2D eigenvalue weighted by Crippen LogP contribution is -2.28. The van der Waals surface area contributed by atoms with Crippen molar-refractivity contribution in [3.05, 3.63) is 63.6 Å². The van der Waals surface area contributed by atoms with Crippen LogP contribution < -0.4 is 4.90 Å². The van der Waals surface area contributed by atoms with Gasteiger partial charge in [0.15, 0.2) is 0 Å². The number of nitrogens with zero attached hydrogens (tertiary/aromatic N) is 1. The molecule has 4 nitrogen and oxygen atoms in total. The molecular weight excluding hydrogens is 334 g/mol. The zero-order valence-corrected chi connectivity index (χ0v) is 13.2. The third-order valence-electron chi connectivity index (χ3n) is 3.30. The predicted octanol–water partition coefficient (Wildman–Crippen LogP) is 3.73. The number of benzene rings is 2. The van der Waals surface area contributed by atoms with Crippen LogP contribution in [0.5, 0.6) is 0 Å². The molecule has 2 aromatic rings. The molecule has 108 valence electrons. The zero-order chi connectivity index (χ0) is 15.6. The molecule has 0 unspecified atom stereocenters. The molecule has 0 aliphatic heterocycles. The summed E-state index contributed by atoms with van der Waals surface area (Å²) in [5, 5.41) is 9.22. The highest BCUT2D eigenvalue weighted by atomic mass is 79.9. The van der Waals surface area contributed by atoms with E-state index in [-0.39, 0.29) is 11.5 Å². The highest BCUT2D eigenvalue weighted by molar-refractivity contribution is 9.10. The largest absolute Gasteiger partial charge is 0.478 e. The van der Waals surface area contributed by atoms with Crippen LogP contribution in [0.25, 0.3) is 0 Å². The fourth-order valence-electron chi connectivity index (χ4n) is 2.08. The van der Waals surface area contributed by atoms with E-state index in [2.05, 4.69) is 15.9 Å². The van der Waals surface area contributed by atoms with Crippen LogP contribution in [-0.4, -0.2) is 24.0 Å². The molecule has 2 aromatic carbocycles. The molecule has 0 saturated heterocycles. The van der Waals surface area contributed by atoms with E-state index in [0.29, 0.717) is 11.3 Å². The molecule has 0 spiro atoms.